The molecule has 0 aliphatic rings. The first kappa shape index (κ1) is 12.7. The number of aryl methyl sites for hydroxylation is 1. The molecule has 1 aromatic carbocycles. The minimum absolute atomic E-state index is 0.00755. The van der Waals surface area contributed by atoms with Crippen LogP contribution in [0, 0.1) is 0 Å². The molecule has 0 unspecified atom stereocenters. The molecule has 1 aromatic heterocycles. The number of aromatic hydroxyl groups is 1. The molecular weight excluding hydrogens is 278 g/mol. The first-order chi connectivity index (χ1) is 8.40. The maximum absolute atomic E-state index is 11.9. The number of imidazole rings is 1. The monoisotopic (exact) mass is 287 g/mol. The molecule has 2 N–H and O–H groups in total. The van der Waals surface area contributed by atoms with Crippen LogP contribution in [0.3, 0.4) is 0 Å². The Morgan fingerprint density at radius 2 is 2.17 bits per heavy atom. The summed E-state index contributed by atoms with van der Waals surface area (Å²) in [6.07, 6.45) is 2.72. The highest BCUT2D eigenvalue weighted by Gasteiger charge is 2.19. The fourth-order valence-electron chi connectivity index (χ4n) is 1.32. The van der Waals surface area contributed by atoms with Gasteiger partial charge in [-0.15, -0.1) is 0 Å². The zero-order valence-corrected chi connectivity index (χ0v) is 10.9. The summed E-state index contributed by atoms with van der Waals surface area (Å²) in [5.41, 5.74) is 0.00755. The second-order valence-electron chi connectivity index (χ2n) is 3.62. The molecule has 0 radical (unpaired) electrons. The zero-order chi connectivity index (χ0) is 13.3. The predicted molar refractivity (Wildman–Crippen MR) is 67.1 cm³/mol. The van der Waals surface area contributed by atoms with E-state index in [9.17, 15) is 13.5 Å². The molecule has 0 amide bonds. The first-order valence-electron chi connectivity index (χ1n) is 4.88. The van der Waals surface area contributed by atoms with Crippen molar-refractivity contribution in [2.45, 2.75) is 5.03 Å². The lowest BCUT2D eigenvalue weighted by molar-refractivity contribution is 0.478. The number of sulfonamides is 1. The third-order valence-electron chi connectivity index (χ3n) is 2.19. The van der Waals surface area contributed by atoms with Gasteiger partial charge in [0.05, 0.1) is 17.0 Å². The van der Waals surface area contributed by atoms with Crippen molar-refractivity contribution in [2.75, 3.05) is 4.72 Å². The summed E-state index contributed by atoms with van der Waals surface area (Å²) in [5, 5.41) is 9.56. The number of benzene rings is 1. The number of hydrogen-bond donors (Lipinski definition) is 2. The van der Waals surface area contributed by atoms with E-state index < -0.39 is 10.0 Å². The maximum atomic E-state index is 11.9. The standard InChI is InChI=1S/C10H10ClN3O3S/c1-14-5-9(12-6-14)18(16,17)13-8-4-2-3-7(11)10(8)15/h2-6,13,15H,1H3. The molecule has 0 saturated carbocycles. The Labute approximate surface area is 109 Å². The normalized spacial score (nSPS) is 11.4. The molecule has 0 atom stereocenters. The summed E-state index contributed by atoms with van der Waals surface area (Å²) in [6.45, 7) is 0. The number of nitrogens with zero attached hydrogens (tertiary/aromatic N) is 2. The number of halogens is 1. The van der Waals surface area contributed by atoms with Crippen LogP contribution in [0.2, 0.25) is 5.02 Å². The summed E-state index contributed by atoms with van der Waals surface area (Å²) >= 11 is 5.69. The summed E-state index contributed by atoms with van der Waals surface area (Å²) in [7, 11) is -2.18. The van der Waals surface area contributed by atoms with Crippen LogP contribution in [0.15, 0.2) is 35.7 Å². The van der Waals surface area contributed by atoms with Gasteiger partial charge in [-0.3, -0.25) is 4.72 Å². The third-order valence-corrected chi connectivity index (χ3v) is 3.74. The molecule has 0 bridgehead atoms. The van der Waals surface area contributed by atoms with E-state index >= 15 is 0 Å². The van der Waals surface area contributed by atoms with E-state index in [1.165, 1.54) is 35.3 Å². The topological polar surface area (TPSA) is 84.2 Å². The Morgan fingerprint density at radius 3 is 2.78 bits per heavy atom. The first-order valence-corrected chi connectivity index (χ1v) is 6.74. The summed E-state index contributed by atoms with van der Waals surface area (Å²) < 4.78 is 27.6. The molecule has 0 aliphatic heterocycles. The number of phenols is 1. The lowest BCUT2D eigenvalue weighted by Crippen LogP contribution is -2.13. The van der Waals surface area contributed by atoms with Gasteiger partial charge in [0, 0.05) is 13.2 Å². The van der Waals surface area contributed by atoms with Crippen LogP contribution < -0.4 is 4.72 Å². The molecule has 0 fully saturated rings. The summed E-state index contributed by atoms with van der Waals surface area (Å²) in [4.78, 5) is 3.73. The van der Waals surface area contributed by atoms with Gasteiger partial charge in [-0.2, -0.15) is 8.42 Å². The highest BCUT2D eigenvalue weighted by atomic mass is 35.5. The largest absolute Gasteiger partial charge is 0.504 e. The second-order valence-corrected chi connectivity index (χ2v) is 5.66. The molecule has 18 heavy (non-hydrogen) atoms. The van der Waals surface area contributed by atoms with Gasteiger partial charge < -0.3 is 9.67 Å². The van der Waals surface area contributed by atoms with Crippen LogP contribution in [0.4, 0.5) is 5.69 Å². The second kappa shape index (κ2) is 4.51. The number of phenolic OH excluding ortho intramolecular Hbond substituents is 1. The highest BCUT2D eigenvalue weighted by molar-refractivity contribution is 7.92. The minimum Gasteiger partial charge on any atom is -0.504 e. The zero-order valence-electron chi connectivity index (χ0n) is 9.33. The van der Waals surface area contributed by atoms with Crippen molar-refractivity contribution in [2.24, 2.45) is 7.05 Å². The molecule has 2 aromatic rings. The van der Waals surface area contributed by atoms with Gasteiger partial charge in [0.1, 0.15) is 0 Å². The molecule has 8 heteroatoms. The van der Waals surface area contributed by atoms with Gasteiger partial charge in [0.15, 0.2) is 10.8 Å². The molecule has 96 valence electrons. The molecule has 1 heterocycles. The smallest absolute Gasteiger partial charge is 0.281 e. The van der Waals surface area contributed by atoms with Gasteiger partial charge in [0.2, 0.25) is 0 Å². The molecule has 0 spiro atoms. The third kappa shape index (κ3) is 2.41. The Balaban J connectivity index is 2.37. The number of para-hydroxylation sites is 1. The fraction of sp³-hybridized carbons (Fsp3) is 0.100. The van der Waals surface area contributed by atoms with Crippen LogP contribution in [0.5, 0.6) is 5.75 Å². The number of rotatable bonds is 3. The van der Waals surface area contributed by atoms with Crippen LogP contribution in [-0.4, -0.2) is 23.1 Å². The molecule has 0 aliphatic carbocycles. The molecule has 2 rings (SSSR count). The van der Waals surface area contributed by atoms with E-state index in [2.05, 4.69) is 9.71 Å². The average molecular weight is 288 g/mol. The Kier molecular flexibility index (Phi) is 3.18. The van der Waals surface area contributed by atoms with Crippen LogP contribution >= 0.6 is 11.6 Å². The van der Waals surface area contributed by atoms with E-state index in [1.807, 2.05) is 0 Å². The van der Waals surface area contributed by atoms with E-state index in [1.54, 1.807) is 7.05 Å². The Bertz CT molecular complexity index is 681. The quantitative estimate of drug-likeness (QED) is 0.840. The predicted octanol–water partition coefficient (Wildman–Crippen LogP) is 1.58. The van der Waals surface area contributed by atoms with E-state index in [-0.39, 0.29) is 21.5 Å². The van der Waals surface area contributed by atoms with Crippen molar-refractivity contribution < 1.29 is 13.5 Å². The van der Waals surface area contributed by atoms with Gasteiger partial charge >= 0.3 is 0 Å². The highest BCUT2D eigenvalue weighted by Crippen LogP contribution is 2.32. The van der Waals surface area contributed by atoms with E-state index in [0.717, 1.165) is 0 Å². The number of nitrogens with one attached hydrogen (secondary N) is 1. The summed E-state index contributed by atoms with van der Waals surface area (Å²) in [5.74, 6) is -0.321. The Morgan fingerprint density at radius 1 is 1.44 bits per heavy atom. The molecule has 0 saturated heterocycles. The van der Waals surface area contributed by atoms with E-state index in [4.69, 9.17) is 11.6 Å². The van der Waals surface area contributed by atoms with Crippen molar-refractivity contribution >= 4 is 27.3 Å². The van der Waals surface area contributed by atoms with Crippen molar-refractivity contribution in [1.29, 1.82) is 0 Å². The van der Waals surface area contributed by atoms with Crippen LogP contribution in [0.1, 0.15) is 0 Å². The summed E-state index contributed by atoms with van der Waals surface area (Å²) in [6, 6.07) is 4.38. The fourth-order valence-corrected chi connectivity index (χ4v) is 2.55. The van der Waals surface area contributed by atoms with Gasteiger partial charge in [-0.05, 0) is 12.1 Å². The molecule has 6 nitrogen and oxygen atoms in total. The SMILES string of the molecule is Cn1cnc(S(=O)(=O)Nc2cccc(Cl)c2O)c1. The lowest BCUT2D eigenvalue weighted by Gasteiger charge is -2.08. The van der Waals surface area contributed by atoms with Crippen molar-refractivity contribution in [3.8, 4) is 5.75 Å². The van der Waals surface area contributed by atoms with Crippen LogP contribution in [0.25, 0.3) is 0 Å². The Hall–Kier alpha value is -1.73. The van der Waals surface area contributed by atoms with Gasteiger partial charge in [0.25, 0.3) is 10.0 Å². The number of hydrogen-bond acceptors (Lipinski definition) is 4. The number of aromatic nitrogens is 2. The maximum Gasteiger partial charge on any atom is 0.281 e. The van der Waals surface area contributed by atoms with Gasteiger partial charge in [-0.25, -0.2) is 4.98 Å². The van der Waals surface area contributed by atoms with Crippen molar-refractivity contribution in [3.05, 3.63) is 35.7 Å². The lowest BCUT2D eigenvalue weighted by atomic mass is 10.3. The van der Waals surface area contributed by atoms with Crippen LogP contribution in [-0.2, 0) is 17.1 Å². The number of anilines is 1. The average Bonchev–Trinajstić information content (AvgIpc) is 2.72. The van der Waals surface area contributed by atoms with Crippen molar-refractivity contribution in [1.82, 2.24) is 9.55 Å². The van der Waals surface area contributed by atoms with Crippen molar-refractivity contribution in [3.63, 3.8) is 0 Å². The minimum atomic E-state index is -3.83. The molecular formula is C10H10ClN3O3S. The van der Waals surface area contributed by atoms with E-state index in [0.29, 0.717) is 0 Å². The van der Waals surface area contributed by atoms with Gasteiger partial charge in [-0.1, -0.05) is 17.7 Å².